The first-order valence-electron chi connectivity index (χ1n) is 9.54. The zero-order chi connectivity index (χ0) is 21.0. The maximum atomic E-state index is 12.6. The summed E-state index contributed by atoms with van der Waals surface area (Å²) >= 11 is 0. The van der Waals surface area contributed by atoms with Crippen LogP contribution in [0.1, 0.15) is 31.5 Å². The molecule has 0 bridgehead atoms. The van der Waals surface area contributed by atoms with Crippen molar-refractivity contribution in [2.24, 2.45) is 0 Å². The lowest BCUT2D eigenvalue weighted by molar-refractivity contribution is 0.0553. The fourth-order valence-corrected chi connectivity index (χ4v) is 2.93. The molecular weight excluding hydrogens is 370 g/mol. The molecule has 0 spiro atoms. The number of hydrogen-bond donors (Lipinski definition) is 2. The van der Waals surface area contributed by atoms with Crippen LogP contribution in [-0.2, 0) is 6.61 Å². The quantitative estimate of drug-likeness (QED) is 0.601. The van der Waals surface area contributed by atoms with Crippen molar-refractivity contribution in [1.29, 1.82) is 0 Å². The molecule has 0 atom stereocenters. The number of aromatic amines is 1. The third-order valence-corrected chi connectivity index (χ3v) is 4.71. The maximum absolute atomic E-state index is 12.6. The second-order valence-electron chi connectivity index (χ2n) is 7.65. The SMILES string of the molecule is COc1cc(OCCC(C)(C)O)cc(OCc2[nH]c3ccccc3c(=O)c2C)c1. The fraction of sp³-hybridized carbons (Fsp3) is 0.348. The molecule has 0 amide bonds. The predicted octanol–water partition coefficient (Wildman–Crippen LogP) is 3.96. The van der Waals surface area contributed by atoms with Crippen molar-refractivity contribution in [3.8, 4) is 17.2 Å². The van der Waals surface area contributed by atoms with Crippen LogP contribution < -0.4 is 19.6 Å². The Bertz CT molecular complexity index is 1050. The van der Waals surface area contributed by atoms with Crippen molar-refractivity contribution >= 4 is 10.9 Å². The van der Waals surface area contributed by atoms with Crippen LogP contribution in [-0.4, -0.2) is 29.4 Å². The normalized spacial score (nSPS) is 11.5. The number of nitrogens with one attached hydrogen (secondary N) is 1. The van der Waals surface area contributed by atoms with Gasteiger partial charge in [-0.1, -0.05) is 12.1 Å². The van der Waals surface area contributed by atoms with E-state index in [9.17, 15) is 9.90 Å². The summed E-state index contributed by atoms with van der Waals surface area (Å²) in [6.45, 7) is 5.85. The fourth-order valence-electron chi connectivity index (χ4n) is 2.93. The summed E-state index contributed by atoms with van der Waals surface area (Å²) in [5.41, 5.74) is 1.34. The second-order valence-corrected chi connectivity index (χ2v) is 7.65. The first-order valence-corrected chi connectivity index (χ1v) is 9.54. The smallest absolute Gasteiger partial charge is 0.192 e. The molecule has 0 unspecified atom stereocenters. The van der Waals surface area contributed by atoms with Gasteiger partial charge in [-0.3, -0.25) is 4.79 Å². The lowest BCUT2D eigenvalue weighted by Crippen LogP contribution is -2.21. The van der Waals surface area contributed by atoms with Crippen molar-refractivity contribution in [1.82, 2.24) is 4.98 Å². The van der Waals surface area contributed by atoms with Crippen molar-refractivity contribution in [2.45, 2.75) is 39.4 Å². The van der Waals surface area contributed by atoms with Crippen LogP contribution in [0.25, 0.3) is 10.9 Å². The number of rotatable bonds is 8. The van der Waals surface area contributed by atoms with Gasteiger partial charge in [0.25, 0.3) is 0 Å². The average molecular weight is 397 g/mol. The molecule has 0 fully saturated rings. The molecule has 1 heterocycles. The zero-order valence-electron chi connectivity index (χ0n) is 17.2. The maximum Gasteiger partial charge on any atom is 0.192 e. The minimum atomic E-state index is -0.794. The van der Waals surface area contributed by atoms with Crippen LogP contribution >= 0.6 is 0 Å². The highest BCUT2D eigenvalue weighted by Crippen LogP contribution is 2.29. The monoisotopic (exact) mass is 397 g/mol. The van der Waals surface area contributed by atoms with E-state index in [1.54, 1.807) is 46.1 Å². The number of hydrogen-bond acceptors (Lipinski definition) is 5. The highest BCUT2D eigenvalue weighted by molar-refractivity contribution is 5.79. The Morgan fingerprint density at radius 3 is 2.38 bits per heavy atom. The van der Waals surface area contributed by atoms with E-state index in [1.165, 1.54) is 0 Å². The van der Waals surface area contributed by atoms with Crippen LogP contribution in [0.5, 0.6) is 17.2 Å². The molecule has 3 aromatic rings. The van der Waals surface area contributed by atoms with E-state index >= 15 is 0 Å². The van der Waals surface area contributed by atoms with Gasteiger partial charge in [-0.15, -0.1) is 0 Å². The molecule has 2 aromatic carbocycles. The lowest BCUT2D eigenvalue weighted by atomic mass is 10.1. The predicted molar refractivity (Wildman–Crippen MR) is 113 cm³/mol. The first-order chi connectivity index (χ1) is 13.8. The summed E-state index contributed by atoms with van der Waals surface area (Å²) in [6.07, 6.45) is 0.498. The third kappa shape index (κ3) is 5.29. The molecule has 0 saturated carbocycles. The van der Waals surface area contributed by atoms with Crippen molar-refractivity contribution in [3.05, 3.63) is 63.9 Å². The first kappa shape index (κ1) is 20.7. The molecular formula is C23H27NO5. The Morgan fingerprint density at radius 2 is 1.69 bits per heavy atom. The van der Waals surface area contributed by atoms with Gasteiger partial charge in [-0.25, -0.2) is 0 Å². The average Bonchev–Trinajstić information content (AvgIpc) is 2.68. The number of para-hydroxylation sites is 1. The van der Waals surface area contributed by atoms with Gasteiger partial charge in [0, 0.05) is 41.1 Å². The van der Waals surface area contributed by atoms with Gasteiger partial charge < -0.3 is 24.3 Å². The van der Waals surface area contributed by atoms with Gasteiger partial charge in [0.05, 0.1) is 25.0 Å². The van der Waals surface area contributed by atoms with E-state index in [0.29, 0.717) is 41.2 Å². The van der Waals surface area contributed by atoms with E-state index in [-0.39, 0.29) is 12.0 Å². The van der Waals surface area contributed by atoms with Gasteiger partial charge >= 0.3 is 0 Å². The molecule has 0 aliphatic heterocycles. The van der Waals surface area contributed by atoms with Crippen molar-refractivity contribution < 1.29 is 19.3 Å². The van der Waals surface area contributed by atoms with E-state index < -0.39 is 5.60 Å². The highest BCUT2D eigenvalue weighted by atomic mass is 16.5. The summed E-state index contributed by atoms with van der Waals surface area (Å²) in [5.74, 6) is 1.76. The molecule has 2 N–H and O–H groups in total. The van der Waals surface area contributed by atoms with E-state index in [1.807, 2.05) is 24.3 Å². The molecule has 0 saturated heterocycles. The molecule has 0 aliphatic rings. The molecule has 0 aliphatic carbocycles. The largest absolute Gasteiger partial charge is 0.496 e. The Hall–Kier alpha value is -2.99. The Balaban J connectivity index is 1.78. The van der Waals surface area contributed by atoms with Gasteiger partial charge in [0.1, 0.15) is 23.9 Å². The van der Waals surface area contributed by atoms with E-state index in [2.05, 4.69) is 4.98 Å². The number of ether oxygens (including phenoxy) is 3. The van der Waals surface area contributed by atoms with E-state index in [4.69, 9.17) is 14.2 Å². The summed E-state index contributed by atoms with van der Waals surface area (Å²) in [7, 11) is 1.57. The summed E-state index contributed by atoms with van der Waals surface area (Å²) in [5, 5.41) is 10.5. The molecule has 6 heteroatoms. The second kappa shape index (κ2) is 8.57. The number of fused-ring (bicyclic) bond motifs is 1. The van der Waals surface area contributed by atoms with Crippen molar-refractivity contribution in [3.63, 3.8) is 0 Å². The van der Waals surface area contributed by atoms with Gasteiger partial charge in [0.15, 0.2) is 5.43 Å². The number of benzene rings is 2. The number of H-pyrrole nitrogens is 1. The lowest BCUT2D eigenvalue weighted by Gasteiger charge is -2.18. The number of aromatic nitrogens is 1. The Kier molecular flexibility index (Phi) is 6.13. The number of methoxy groups -OCH3 is 1. The van der Waals surface area contributed by atoms with Gasteiger partial charge in [-0.05, 0) is 32.9 Å². The third-order valence-electron chi connectivity index (χ3n) is 4.71. The van der Waals surface area contributed by atoms with Crippen LogP contribution in [0.4, 0.5) is 0 Å². The van der Waals surface area contributed by atoms with Gasteiger partial charge in [-0.2, -0.15) is 0 Å². The van der Waals surface area contributed by atoms with Crippen LogP contribution in [0.15, 0.2) is 47.3 Å². The zero-order valence-corrected chi connectivity index (χ0v) is 17.2. The Morgan fingerprint density at radius 1 is 1.03 bits per heavy atom. The van der Waals surface area contributed by atoms with Crippen molar-refractivity contribution in [2.75, 3.05) is 13.7 Å². The molecule has 3 rings (SSSR count). The minimum Gasteiger partial charge on any atom is -0.496 e. The van der Waals surface area contributed by atoms with Gasteiger partial charge in [0.2, 0.25) is 0 Å². The standard InChI is InChI=1S/C23H27NO5/c1-15-21(24-20-8-6-5-7-19(20)22(15)25)14-29-18-12-16(27-4)11-17(13-18)28-10-9-23(2,3)26/h5-8,11-13,26H,9-10,14H2,1-4H3,(H,24,25). The van der Waals surface area contributed by atoms with Crippen LogP contribution in [0.3, 0.4) is 0 Å². The van der Waals surface area contributed by atoms with Crippen LogP contribution in [0, 0.1) is 6.92 Å². The number of pyridine rings is 1. The molecule has 1 aromatic heterocycles. The minimum absolute atomic E-state index is 0.000710. The Labute approximate surface area is 170 Å². The highest BCUT2D eigenvalue weighted by Gasteiger charge is 2.13. The topological polar surface area (TPSA) is 80.8 Å². The van der Waals surface area contributed by atoms with E-state index in [0.717, 1.165) is 11.2 Å². The van der Waals surface area contributed by atoms with Crippen LogP contribution in [0.2, 0.25) is 0 Å². The summed E-state index contributed by atoms with van der Waals surface area (Å²) in [6, 6.07) is 12.7. The number of aliphatic hydroxyl groups is 1. The molecule has 154 valence electrons. The molecule has 29 heavy (non-hydrogen) atoms. The molecule has 6 nitrogen and oxygen atoms in total. The summed E-state index contributed by atoms with van der Waals surface area (Å²) in [4.78, 5) is 15.9. The summed E-state index contributed by atoms with van der Waals surface area (Å²) < 4.78 is 17.0. The molecule has 0 radical (unpaired) electrons.